The second-order valence-corrected chi connectivity index (χ2v) is 4.17. The Morgan fingerprint density at radius 3 is 2.40 bits per heavy atom. The van der Waals surface area contributed by atoms with E-state index in [2.05, 4.69) is 5.92 Å². The van der Waals surface area contributed by atoms with Gasteiger partial charge < -0.3 is 4.74 Å². The quantitative estimate of drug-likeness (QED) is 0.866. The van der Waals surface area contributed by atoms with Crippen LogP contribution in [0.2, 0.25) is 0 Å². The number of terminal acetylenes is 1. The Hall–Kier alpha value is -2.42. The molecule has 106 valence electrons. The molecule has 2 amide bonds. The van der Waals surface area contributed by atoms with E-state index in [9.17, 15) is 18.4 Å². The van der Waals surface area contributed by atoms with Crippen molar-refractivity contribution in [1.82, 2.24) is 5.32 Å². The normalized spacial score (nSPS) is 12.9. The molecule has 1 atom stereocenters. The van der Waals surface area contributed by atoms with E-state index in [-0.39, 0.29) is 0 Å². The van der Waals surface area contributed by atoms with E-state index in [0.717, 1.165) is 18.2 Å². The van der Waals surface area contributed by atoms with Gasteiger partial charge in [-0.2, -0.15) is 0 Å². The molecule has 1 N–H and O–H groups in total. The van der Waals surface area contributed by atoms with Crippen molar-refractivity contribution < 1.29 is 23.1 Å². The summed E-state index contributed by atoms with van der Waals surface area (Å²) >= 11 is 0. The fraction of sp³-hybridized carbons (Fsp3) is 0.286. The maximum atomic E-state index is 13.3. The molecule has 20 heavy (non-hydrogen) atoms. The Morgan fingerprint density at radius 2 is 1.95 bits per heavy atom. The van der Waals surface area contributed by atoms with Crippen molar-refractivity contribution in [3.63, 3.8) is 0 Å². The van der Waals surface area contributed by atoms with Crippen LogP contribution >= 0.6 is 0 Å². The first kappa shape index (κ1) is 15.6. The van der Waals surface area contributed by atoms with Crippen molar-refractivity contribution in [2.75, 3.05) is 0 Å². The molecule has 0 bridgehead atoms. The largest absolute Gasteiger partial charge is 0.430 e. The van der Waals surface area contributed by atoms with Gasteiger partial charge in [-0.3, -0.25) is 10.1 Å². The fourth-order valence-electron chi connectivity index (χ4n) is 1.30. The average molecular weight is 281 g/mol. The van der Waals surface area contributed by atoms with Crippen LogP contribution < -0.4 is 5.32 Å². The third kappa shape index (κ3) is 3.54. The van der Waals surface area contributed by atoms with Crippen LogP contribution in [0.1, 0.15) is 30.6 Å². The van der Waals surface area contributed by atoms with E-state index >= 15 is 0 Å². The molecule has 0 aliphatic carbocycles. The molecule has 0 aliphatic heterocycles. The molecule has 0 spiro atoms. The van der Waals surface area contributed by atoms with E-state index in [4.69, 9.17) is 11.2 Å². The molecular formula is C14H13F2NO3. The Morgan fingerprint density at radius 1 is 1.40 bits per heavy atom. The zero-order valence-corrected chi connectivity index (χ0v) is 11.0. The lowest BCUT2D eigenvalue weighted by atomic mass is 10.1. The highest BCUT2D eigenvalue weighted by Gasteiger charge is 2.26. The number of carbonyl (C=O) groups is 2. The fourth-order valence-corrected chi connectivity index (χ4v) is 1.30. The van der Waals surface area contributed by atoms with Crippen molar-refractivity contribution in [3.05, 3.63) is 35.4 Å². The molecule has 0 aliphatic rings. The first-order valence-electron chi connectivity index (χ1n) is 5.79. The molecule has 0 radical (unpaired) electrons. The van der Waals surface area contributed by atoms with E-state index in [0.29, 0.717) is 6.42 Å². The topological polar surface area (TPSA) is 55.4 Å². The van der Waals surface area contributed by atoms with Gasteiger partial charge >= 0.3 is 6.09 Å². The summed E-state index contributed by atoms with van der Waals surface area (Å²) in [7, 11) is 0. The summed E-state index contributed by atoms with van der Waals surface area (Å²) in [6, 6.07) is 2.91. The summed E-state index contributed by atoms with van der Waals surface area (Å²) in [6.45, 7) is 3.16. The molecular weight excluding hydrogens is 268 g/mol. The maximum Gasteiger partial charge on any atom is 0.415 e. The number of hydrogen-bond acceptors (Lipinski definition) is 3. The minimum Gasteiger partial charge on any atom is -0.430 e. The molecule has 0 heterocycles. The number of halogens is 2. The standard InChI is InChI=1S/C14H13F2NO3/c1-4-14(3,5-2)20-13(19)17-12(18)11-9(15)7-6-8-10(11)16/h1,6-8H,5H2,2-3H3,(H,17,18,19)/t14-/m1/s1. The lowest BCUT2D eigenvalue weighted by Crippen LogP contribution is -2.38. The Bertz CT molecular complexity index is 560. The monoisotopic (exact) mass is 281 g/mol. The van der Waals surface area contributed by atoms with Gasteiger partial charge in [-0.05, 0) is 25.5 Å². The summed E-state index contributed by atoms with van der Waals surface area (Å²) in [5.41, 5.74) is -2.05. The first-order chi connectivity index (χ1) is 9.33. The van der Waals surface area contributed by atoms with Crippen molar-refractivity contribution in [1.29, 1.82) is 0 Å². The molecule has 6 heteroatoms. The van der Waals surface area contributed by atoms with Gasteiger partial charge in [0.25, 0.3) is 5.91 Å². The van der Waals surface area contributed by atoms with Crippen LogP contribution in [0.25, 0.3) is 0 Å². The number of amides is 2. The lowest BCUT2D eigenvalue weighted by molar-refractivity contribution is 0.0600. The highest BCUT2D eigenvalue weighted by Crippen LogP contribution is 2.15. The molecule has 0 saturated heterocycles. The molecule has 0 saturated carbocycles. The Kier molecular flexibility index (Phi) is 4.81. The highest BCUT2D eigenvalue weighted by atomic mass is 19.1. The van der Waals surface area contributed by atoms with Gasteiger partial charge in [-0.25, -0.2) is 13.6 Å². The summed E-state index contributed by atoms with van der Waals surface area (Å²) in [5.74, 6) is -1.14. The van der Waals surface area contributed by atoms with Crippen LogP contribution in [0.15, 0.2) is 18.2 Å². The zero-order valence-electron chi connectivity index (χ0n) is 11.0. The lowest BCUT2D eigenvalue weighted by Gasteiger charge is -2.21. The molecule has 0 aromatic heterocycles. The molecule has 0 unspecified atom stereocenters. The minimum absolute atomic E-state index is 0.319. The third-order valence-corrected chi connectivity index (χ3v) is 2.70. The first-order valence-corrected chi connectivity index (χ1v) is 5.79. The number of benzene rings is 1. The van der Waals surface area contributed by atoms with Crippen molar-refractivity contribution in [2.24, 2.45) is 0 Å². The number of carbonyl (C=O) groups excluding carboxylic acids is 2. The van der Waals surface area contributed by atoms with Crippen LogP contribution in [-0.2, 0) is 4.74 Å². The van der Waals surface area contributed by atoms with Gasteiger partial charge in [-0.15, -0.1) is 6.42 Å². The van der Waals surface area contributed by atoms with E-state index < -0.39 is 34.8 Å². The molecule has 4 nitrogen and oxygen atoms in total. The van der Waals surface area contributed by atoms with Gasteiger partial charge in [0.1, 0.15) is 17.2 Å². The smallest absolute Gasteiger partial charge is 0.415 e. The van der Waals surface area contributed by atoms with E-state index in [1.54, 1.807) is 12.2 Å². The van der Waals surface area contributed by atoms with Crippen LogP contribution in [0, 0.1) is 24.0 Å². The predicted octanol–water partition coefficient (Wildman–Crippen LogP) is 2.63. The SMILES string of the molecule is C#C[C@](C)(CC)OC(=O)NC(=O)c1c(F)cccc1F. The van der Waals surface area contributed by atoms with Gasteiger partial charge in [0.05, 0.1) is 0 Å². The van der Waals surface area contributed by atoms with Gasteiger partial charge in [0.15, 0.2) is 5.60 Å². The molecule has 0 fully saturated rings. The number of rotatable bonds is 3. The molecule has 1 aromatic carbocycles. The predicted molar refractivity (Wildman–Crippen MR) is 67.8 cm³/mol. The summed E-state index contributed by atoms with van der Waals surface area (Å²) in [4.78, 5) is 23.1. The van der Waals surface area contributed by atoms with Crippen molar-refractivity contribution >= 4 is 12.0 Å². The highest BCUT2D eigenvalue weighted by molar-refractivity contribution is 6.03. The third-order valence-electron chi connectivity index (χ3n) is 2.70. The minimum atomic E-state index is -1.24. The zero-order chi connectivity index (χ0) is 15.3. The second-order valence-electron chi connectivity index (χ2n) is 4.17. The van der Waals surface area contributed by atoms with Gasteiger partial charge in [0, 0.05) is 0 Å². The summed E-state index contributed by atoms with van der Waals surface area (Å²) < 4.78 is 31.5. The van der Waals surface area contributed by atoms with E-state index in [1.165, 1.54) is 6.92 Å². The number of hydrogen-bond donors (Lipinski definition) is 1. The van der Waals surface area contributed by atoms with E-state index in [1.807, 2.05) is 0 Å². The summed E-state index contributed by atoms with van der Waals surface area (Å²) in [6.07, 6.45) is 4.35. The molecule has 1 rings (SSSR count). The summed E-state index contributed by atoms with van der Waals surface area (Å²) in [5, 5.41) is 1.73. The second kappa shape index (κ2) is 6.15. The van der Waals surface area contributed by atoms with Gasteiger partial charge in [-0.1, -0.05) is 18.9 Å². The Labute approximate surface area is 115 Å². The van der Waals surface area contributed by atoms with Crippen LogP contribution in [-0.4, -0.2) is 17.6 Å². The van der Waals surface area contributed by atoms with Gasteiger partial charge in [0.2, 0.25) is 0 Å². The van der Waals surface area contributed by atoms with Crippen LogP contribution in [0.3, 0.4) is 0 Å². The number of ether oxygens (including phenoxy) is 1. The number of nitrogens with one attached hydrogen (secondary N) is 1. The Balaban J connectivity index is 2.82. The van der Waals surface area contributed by atoms with Crippen molar-refractivity contribution in [2.45, 2.75) is 25.9 Å². The van der Waals surface area contributed by atoms with Crippen molar-refractivity contribution in [3.8, 4) is 12.3 Å². The number of alkyl carbamates (subject to hydrolysis) is 1. The number of imide groups is 1. The van der Waals surface area contributed by atoms with Crippen LogP contribution in [0.5, 0.6) is 0 Å². The van der Waals surface area contributed by atoms with Crippen LogP contribution in [0.4, 0.5) is 13.6 Å². The maximum absolute atomic E-state index is 13.3. The molecule has 1 aromatic rings. The average Bonchev–Trinajstić information content (AvgIpc) is 2.38.